The van der Waals surface area contributed by atoms with Gasteiger partial charge < -0.3 is 10.0 Å². The summed E-state index contributed by atoms with van der Waals surface area (Å²) in [6.45, 7) is 7.09. The average Bonchev–Trinajstić information content (AvgIpc) is 2.42. The van der Waals surface area contributed by atoms with Crippen molar-refractivity contribution in [2.45, 2.75) is 45.1 Å². The van der Waals surface area contributed by atoms with Crippen LogP contribution in [-0.2, 0) is 6.42 Å². The lowest BCUT2D eigenvalue weighted by molar-refractivity contribution is 0.00661. The van der Waals surface area contributed by atoms with Crippen LogP contribution in [0.2, 0.25) is 0 Å². The van der Waals surface area contributed by atoms with E-state index in [1.54, 1.807) is 0 Å². The maximum atomic E-state index is 10.1. The molecule has 0 bridgehead atoms. The topological polar surface area (TPSA) is 23.5 Å². The molecule has 0 saturated carbocycles. The zero-order chi connectivity index (χ0) is 13.7. The fourth-order valence-corrected chi connectivity index (χ4v) is 2.89. The first-order valence-electron chi connectivity index (χ1n) is 7.58. The summed E-state index contributed by atoms with van der Waals surface area (Å²) in [6, 6.07) is 10.8. The molecular weight excluding hydrogens is 234 g/mol. The summed E-state index contributed by atoms with van der Waals surface area (Å²) < 4.78 is 0. The Bertz CT molecular complexity index is 366. The molecule has 1 aromatic rings. The van der Waals surface area contributed by atoms with Gasteiger partial charge >= 0.3 is 0 Å². The summed E-state index contributed by atoms with van der Waals surface area (Å²) in [7, 11) is 0. The predicted molar refractivity (Wildman–Crippen MR) is 80.2 cm³/mol. The van der Waals surface area contributed by atoms with Gasteiger partial charge in [0.1, 0.15) is 0 Å². The number of hydrogen-bond donors (Lipinski definition) is 1. The lowest BCUT2D eigenvalue weighted by atomic mass is 9.89. The van der Waals surface area contributed by atoms with E-state index in [1.165, 1.54) is 24.8 Å². The van der Waals surface area contributed by atoms with Crippen molar-refractivity contribution in [3.8, 4) is 0 Å². The van der Waals surface area contributed by atoms with Crippen LogP contribution in [0.5, 0.6) is 0 Å². The number of β-amino-alcohol motifs (C(OH)–C–C–N with tert-alkyl or cyclic N) is 1. The van der Waals surface area contributed by atoms with E-state index in [0.717, 1.165) is 32.0 Å². The van der Waals surface area contributed by atoms with Gasteiger partial charge in [0.15, 0.2) is 0 Å². The van der Waals surface area contributed by atoms with Gasteiger partial charge in [-0.25, -0.2) is 0 Å². The van der Waals surface area contributed by atoms with Crippen molar-refractivity contribution in [3.05, 3.63) is 35.9 Å². The van der Waals surface area contributed by atoms with E-state index in [1.807, 2.05) is 6.92 Å². The fourth-order valence-electron chi connectivity index (χ4n) is 2.89. The van der Waals surface area contributed by atoms with Crippen LogP contribution < -0.4 is 0 Å². The van der Waals surface area contributed by atoms with Gasteiger partial charge in [0.25, 0.3) is 0 Å². The Labute approximate surface area is 117 Å². The first kappa shape index (κ1) is 14.5. The molecule has 1 saturated heterocycles. The molecule has 2 nitrogen and oxygen atoms in total. The summed E-state index contributed by atoms with van der Waals surface area (Å²) in [5, 5.41) is 10.1. The quantitative estimate of drug-likeness (QED) is 0.880. The van der Waals surface area contributed by atoms with E-state index in [-0.39, 0.29) is 0 Å². The second-order valence-corrected chi connectivity index (χ2v) is 6.26. The fraction of sp³-hybridized carbons (Fsp3) is 0.647. The maximum Gasteiger partial charge on any atom is 0.0743 e. The van der Waals surface area contributed by atoms with Gasteiger partial charge in [-0.1, -0.05) is 37.3 Å². The van der Waals surface area contributed by atoms with E-state index in [0.29, 0.717) is 0 Å². The summed E-state index contributed by atoms with van der Waals surface area (Å²) in [4.78, 5) is 2.42. The average molecular weight is 261 g/mol. The van der Waals surface area contributed by atoms with Crippen LogP contribution in [0.25, 0.3) is 0 Å². The molecule has 106 valence electrons. The molecule has 1 fully saturated rings. The Hall–Kier alpha value is -0.860. The molecule has 1 heterocycles. The molecule has 1 unspecified atom stereocenters. The molecule has 0 radical (unpaired) electrons. The van der Waals surface area contributed by atoms with E-state index < -0.39 is 5.60 Å². The molecule has 1 aliphatic rings. The lowest BCUT2D eigenvalue weighted by Crippen LogP contribution is -2.44. The van der Waals surface area contributed by atoms with Crippen molar-refractivity contribution in [1.29, 1.82) is 0 Å². The minimum absolute atomic E-state index is 0.522. The summed E-state index contributed by atoms with van der Waals surface area (Å²) in [5.41, 5.74) is 0.938. The van der Waals surface area contributed by atoms with Gasteiger partial charge in [0, 0.05) is 6.54 Å². The maximum absolute atomic E-state index is 10.1. The SMILES string of the molecule is CCC(C)(O)CN1CCC(Cc2ccccc2)CC1. The molecule has 1 aromatic carbocycles. The van der Waals surface area contributed by atoms with Crippen LogP contribution in [0.3, 0.4) is 0 Å². The minimum Gasteiger partial charge on any atom is -0.389 e. The van der Waals surface area contributed by atoms with Gasteiger partial charge in [0.05, 0.1) is 5.60 Å². The number of aliphatic hydroxyl groups is 1. The third kappa shape index (κ3) is 4.63. The molecule has 0 aromatic heterocycles. The van der Waals surface area contributed by atoms with E-state index in [4.69, 9.17) is 0 Å². The van der Waals surface area contributed by atoms with Crippen LogP contribution in [0.4, 0.5) is 0 Å². The Morgan fingerprint density at radius 3 is 2.42 bits per heavy atom. The van der Waals surface area contributed by atoms with Crippen molar-refractivity contribution < 1.29 is 5.11 Å². The van der Waals surface area contributed by atoms with Crippen LogP contribution in [0, 0.1) is 5.92 Å². The number of rotatable bonds is 5. The molecule has 2 heteroatoms. The van der Waals surface area contributed by atoms with Crippen molar-refractivity contribution in [1.82, 2.24) is 4.90 Å². The van der Waals surface area contributed by atoms with E-state index >= 15 is 0 Å². The molecule has 0 amide bonds. The first-order chi connectivity index (χ1) is 9.09. The number of hydrogen-bond acceptors (Lipinski definition) is 2. The smallest absolute Gasteiger partial charge is 0.0743 e. The minimum atomic E-state index is -0.522. The highest BCUT2D eigenvalue weighted by molar-refractivity contribution is 5.15. The zero-order valence-electron chi connectivity index (χ0n) is 12.3. The van der Waals surface area contributed by atoms with Gasteiger partial charge in [-0.15, -0.1) is 0 Å². The monoisotopic (exact) mass is 261 g/mol. The van der Waals surface area contributed by atoms with Crippen LogP contribution >= 0.6 is 0 Å². The molecule has 2 rings (SSSR count). The van der Waals surface area contributed by atoms with E-state index in [9.17, 15) is 5.11 Å². The molecule has 19 heavy (non-hydrogen) atoms. The van der Waals surface area contributed by atoms with E-state index in [2.05, 4.69) is 42.2 Å². The molecule has 1 N–H and O–H groups in total. The Morgan fingerprint density at radius 2 is 1.84 bits per heavy atom. The summed E-state index contributed by atoms with van der Waals surface area (Å²) >= 11 is 0. The second-order valence-electron chi connectivity index (χ2n) is 6.26. The molecule has 1 aliphatic heterocycles. The number of nitrogens with zero attached hydrogens (tertiary/aromatic N) is 1. The highest BCUT2D eigenvalue weighted by Crippen LogP contribution is 2.23. The zero-order valence-corrected chi connectivity index (χ0v) is 12.3. The Kier molecular flexibility index (Phi) is 5.00. The molecule has 1 atom stereocenters. The standard InChI is InChI=1S/C17H27NO/c1-3-17(2,19)14-18-11-9-16(10-12-18)13-15-7-5-4-6-8-15/h4-8,16,19H,3,9-14H2,1-2H3. The second kappa shape index (κ2) is 6.53. The molecule has 0 spiro atoms. The molecule has 0 aliphatic carbocycles. The van der Waals surface area contributed by atoms with Crippen molar-refractivity contribution in [3.63, 3.8) is 0 Å². The largest absolute Gasteiger partial charge is 0.389 e. The van der Waals surface area contributed by atoms with Crippen LogP contribution in [-0.4, -0.2) is 35.2 Å². The number of piperidine rings is 1. The summed E-state index contributed by atoms with van der Waals surface area (Å²) in [6.07, 6.45) is 4.55. The lowest BCUT2D eigenvalue weighted by Gasteiger charge is -2.36. The highest BCUT2D eigenvalue weighted by Gasteiger charge is 2.25. The van der Waals surface area contributed by atoms with Crippen molar-refractivity contribution >= 4 is 0 Å². The predicted octanol–water partition coefficient (Wildman–Crippen LogP) is 3.10. The number of likely N-dealkylation sites (tertiary alicyclic amines) is 1. The summed E-state index contributed by atoms with van der Waals surface area (Å²) in [5.74, 6) is 0.810. The highest BCUT2D eigenvalue weighted by atomic mass is 16.3. The Morgan fingerprint density at radius 1 is 1.21 bits per heavy atom. The van der Waals surface area contributed by atoms with Crippen molar-refractivity contribution in [2.75, 3.05) is 19.6 Å². The van der Waals surface area contributed by atoms with Crippen molar-refractivity contribution in [2.24, 2.45) is 5.92 Å². The number of benzene rings is 1. The van der Waals surface area contributed by atoms with Gasteiger partial charge in [-0.2, -0.15) is 0 Å². The van der Waals surface area contributed by atoms with Gasteiger partial charge in [0.2, 0.25) is 0 Å². The normalized spacial score (nSPS) is 21.2. The van der Waals surface area contributed by atoms with Crippen LogP contribution in [0.1, 0.15) is 38.7 Å². The third-order valence-corrected chi connectivity index (χ3v) is 4.40. The molecular formula is C17H27NO. The van der Waals surface area contributed by atoms with Crippen LogP contribution in [0.15, 0.2) is 30.3 Å². The first-order valence-corrected chi connectivity index (χ1v) is 7.58. The van der Waals surface area contributed by atoms with Gasteiger partial charge in [-0.05, 0) is 57.2 Å². The van der Waals surface area contributed by atoms with Gasteiger partial charge in [-0.3, -0.25) is 0 Å². The third-order valence-electron chi connectivity index (χ3n) is 4.40. The Balaban J connectivity index is 1.77.